The van der Waals surface area contributed by atoms with Gasteiger partial charge in [0.25, 0.3) is 5.91 Å². The lowest BCUT2D eigenvalue weighted by Crippen LogP contribution is -2.48. The monoisotopic (exact) mass is 348 g/mol. The molecule has 4 rings (SSSR count). The number of piperazine rings is 1. The minimum atomic E-state index is 0.0344. The molecule has 1 fully saturated rings. The quantitative estimate of drug-likeness (QED) is 0.717. The number of hydrogen-bond donors (Lipinski definition) is 0. The Hall–Kier alpha value is -3.06. The van der Waals surface area contributed by atoms with E-state index in [9.17, 15) is 4.79 Å². The van der Waals surface area contributed by atoms with Gasteiger partial charge in [0.05, 0.1) is 5.56 Å². The van der Waals surface area contributed by atoms with Crippen LogP contribution < -0.4 is 0 Å². The number of nitrogens with zero attached hydrogens (tertiary/aromatic N) is 6. The van der Waals surface area contributed by atoms with E-state index >= 15 is 0 Å². The Labute approximate surface area is 151 Å². The summed E-state index contributed by atoms with van der Waals surface area (Å²) in [5.74, 6) is 0.728. The van der Waals surface area contributed by atoms with E-state index in [-0.39, 0.29) is 5.91 Å². The molecule has 0 atom stereocenters. The van der Waals surface area contributed by atoms with Crippen LogP contribution in [-0.2, 0) is 6.54 Å². The average Bonchev–Trinajstić information content (AvgIpc) is 3.24. The van der Waals surface area contributed by atoms with Crippen molar-refractivity contribution in [2.75, 3.05) is 26.2 Å². The highest BCUT2D eigenvalue weighted by Gasteiger charge is 2.22. The van der Waals surface area contributed by atoms with Gasteiger partial charge in [0.15, 0.2) is 0 Å². The third-order valence-electron chi connectivity index (χ3n) is 4.59. The fraction of sp³-hybridized carbons (Fsp3) is 0.263. The first kappa shape index (κ1) is 16.4. The second-order valence-corrected chi connectivity index (χ2v) is 6.33. The second-order valence-electron chi connectivity index (χ2n) is 6.33. The van der Waals surface area contributed by atoms with E-state index in [2.05, 4.69) is 44.3 Å². The van der Waals surface area contributed by atoms with Gasteiger partial charge in [0.1, 0.15) is 18.5 Å². The van der Waals surface area contributed by atoms with Gasteiger partial charge in [0, 0.05) is 38.9 Å². The first-order valence-electron chi connectivity index (χ1n) is 8.66. The van der Waals surface area contributed by atoms with E-state index < -0.39 is 0 Å². The highest BCUT2D eigenvalue weighted by molar-refractivity contribution is 5.94. The van der Waals surface area contributed by atoms with Crippen molar-refractivity contribution in [2.24, 2.45) is 0 Å². The zero-order valence-corrected chi connectivity index (χ0v) is 14.4. The first-order chi connectivity index (χ1) is 12.8. The maximum absolute atomic E-state index is 12.7. The van der Waals surface area contributed by atoms with Gasteiger partial charge in [-0.15, -0.1) is 10.2 Å². The molecule has 1 aromatic carbocycles. The molecule has 3 heterocycles. The number of pyridine rings is 1. The standard InChI is InChI=1S/C19H20N6O/c26-19(17-6-7-18(20-12-17)25-14-21-22-15-25)24-10-8-23(9-11-24)13-16-4-2-1-3-5-16/h1-7,12,14-15H,8-11,13H2. The van der Waals surface area contributed by atoms with Gasteiger partial charge < -0.3 is 4.90 Å². The van der Waals surface area contributed by atoms with Gasteiger partial charge in [0.2, 0.25) is 0 Å². The van der Waals surface area contributed by atoms with Crippen LogP contribution in [0.15, 0.2) is 61.3 Å². The molecular formula is C19H20N6O. The highest BCUT2D eigenvalue weighted by atomic mass is 16.2. The summed E-state index contributed by atoms with van der Waals surface area (Å²) in [6, 6.07) is 14.0. The Balaban J connectivity index is 1.34. The molecule has 0 aliphatic carbocycles. The Morgan fingerprint density at radius 3 is 2.31 bits per heavy atom. The van der Waals surface area contributed by atoms with Crippen LogP contribution in [0.3, 0.4) is 0 Å². The van der Waals surface area contributed by atoms with E-state index in [1.807, 2.05) is 17.0 Å². The molecule has 0 unspecified atom stereocenters. The molecule has 132 valence electrons. The largest absolute Gasteiger partial charge is 0.336 e. The van der Waals surface area contributed by atoms with Crippen LogP contribution in [-0.4, -0.2) is 61.6 Å². The summed E-state index contributed by atoms with van der Waals surface area (Å²) in [7, 11) is 0. The fourth-order valence-corrected chi connectivity index (χ4v) is 3.12. The molecule has 1 aliphatic rings. The molecule has 26 heavy (non-hydrogen) atoms. The predicted octanol–water partition coefficient (Wildman–Crippen LogP) is 1.62. The third kappa shape index (κ3) is 3.62. The Kier molecular flexibility index (Phi) is 4.70. The maximum Gasteiger partial charge on any atom is 0.255 e. The second kappa shape index (κ2) is 7.45. The summed E-state index contributed by atoms with van der Waals surface area (Å²) < 4.78 is 1.70. The van der Waals surface area contributed by atoms with Crippen molar-refractivity contribution in [1.82, 2.24) is 29.5 Å². The van der Waals surface area contributed by atoms with Crippen LogP contribution in [0.5, 0.6) is 0 Å². The van der Waals surface area contributed by atoms with Crippen molar-refractivity contribution in [2.45, 2.75) is 6.54 Å². The molecular weight excluding hydrogens is 328 g/mol. The van der Waals surface area contributed by atoms with Crippen molar-refractivity contribution in [3.05, 3.63) is 72.4 Å². The van der Waals surface area contributed by atoms with Gasteiger partial charge >= 0.3 is 0 Å². The third-order valence-corrected chi connectivity index (χ3v) is 4.59. The van der Waals surface area contributed by atoms with Gasteiger partial charge in [-0.25, -0.2) is 4.98 Å². The summed E-state index contributed by atoms with van der Waals surface area (Å²) in [6.45, 7) is 4.16. The predicted molar refractivity (Wildman–Crippen MR) is 96.8 cm³/mol. The van der Waals surface area contributed by atoms with Crippen LogP contribution in [0.25, 0.3) is 5.82 Å². The van der Waals surface area contributed by atoms with Crippen LogP contribution >= 0.6 is 0 Å². The molecule has 1 amide bonds. The van der Waals surface area contributed by atoms with Crippen molar-refractivity contribution in [3.8, 4) is 5.82 Å². The molecule has 0 N–H and O–H groups in total. The number of benzene rings is 1. The van der Waals surface area contributed by atoms with E-state index in [4.69, 9.17) is 0 Å². The number of carbonyl (C=O) groups is 1. The maximum atomic E-state index is 12.7. The summed E-state index contributed by atoms with van der Waals surface area (Å²) >= 11 is 0. The number of carbonyl (C=O) groups excluding carboxylic acids is 1. The summed E-state index contributed by atoms with van der Waals surface area (Å²) in [6.07, 6.45) is 4.78. The number of amides is 1. The Morgan fingerprint density at radius 2 is 1.65 bits per heavy atom. The van der Waals surface area contributed by atoms with E-state index in [0.29, 0.717) is 11.4 Å². The number of hydrogen-bond acceptors (Lipinski definition) is 5. The molecule has 3 aromatic rings. The Bertz CT molecular complexity index is 840. The van der Waals surface area contributed by atoms with Gasteiger partial charge in [-0.3, -0.25) is 14.3 Å². The van der Waals surface area contributed by atoms with E-state index in [1.165, 1.54) is 5.56 Å². The highest BCUT2D eigenvalue weighted by Crippen LogP contribution is 2.12. The first-order valence-corrected chi connectivity index (χ1v) is 8.66. The summed E-state index contributed by atoms with van der Waals surface area (Å²) in [4.78, 5) is 21.3. The Morgan fingerprint density at radius 1 is 0.923 bits per heavy atom. The van der Waals surface area contributed by atoms with E-state index in [0.717, 1.165) is 32.7 Å². The number of aromatic nitrogens is 4. The minimum Gasteiger partial charge on any atom is -0.336 e. The molecule has 1 saturated heterocycles. The number of rotatable bonds is 4. The van der Waals surface area contributed by atoms with Crippen LogP contribution in [0, 0.1) is 0 Å². The lowest BCUT2D eigenvalue weighted by Gasteiger charge is -2.34. The van der Waals surface area contributed by atoms with Gasteiger partial charge in [-0.2, -0.15) is 0 Å². The molecule has 7 nitrogen and oxygen atoms in total. The van der Waals surface area contributed by atoms with Crippen molar-refractivity contribution >= 4 is 5.91 Å². The van der Waals surface area contributed by atoms with Crippen LogP contribution in [0.1, 0.15) is 15.9 Å². The minimum absolute atomic E-state index is 0.0344. The molecule has 1 aliphatic heterocycles. The zero-order valence-electron chi connectivity index (χ0n) is 14.4. The molecule has 0 bridgehead atoms. The summed E-state index contributed by atoms with van der Waals surface area (Å²) in [5, 5.41) is 7.52. The fourth-order valence-electron chi connectivity index (χ4n) is 3.12. The topological polar surface area (TPSA) is 67.2 Å². The van der Waals surface area contributed by atoms with Crippen molar-refractivity contribution < 1.29 is 4.79 Å². The lowest BCUT2D eigenvalue weighted by molar-refractivity contribution is 0.0628. The molecule has 2 aromatic heterocycles. The van der Waals surface area contributed by atoms with E-state index in [1.54, 1.807) is 29.5 Å². The molecule has 0 saturated carbocycles. The van der Waals surface area contributed by atoms with Crippen molar-refractivity contribution in [1.29, 1.82) is 0 Å². The molecule has 7 heteroatoms. The molecule has 0 radical (unpaired) electrons. The smallest absolute Gasteiger partial charge is 0.255 e. The summed E-state index contributed by atoms with van der Waals surface area (Å²) in [5.41, 5.74) is 1.92. The normalized spacial score (nSPS) is 15.2. The lowest BCUT2D eigenvalue weighted by atomic mass is 10.2. The molecule has 0 spiro atoms. The van der Waals surface area contributed by atoms with Crippen LogP contribution in [0.2, 0.25) is 0 Å². The van der Waals surface area contributed by atoms with Gasteiger partial charge in [-0.1, -0.05) is 30.3 Å². The van der Waals surface area contributed by atoms with Crippen molar-refractivity contribution in [3.63, 3.8) is 0 Å². The van der Waals surface area contributed by atoms with Crippen LogP contribution in [0.4, 0.5) is 0 Å². The van der Waals surface area contributed by atoms with Gasteiger partial charge in [-0.05, 0) is 17.7 Å². The SMILES string of the molecule is O=C(c1ccc(-n2cnnc2)nc1)N1CCN(Cc2ccccc2)CC1. The average molecular weight is 348 g/mol. The zero-order chi connectivity index (χ0) is 17.8.